The highest BCUT2D eigenvalue weighted by molar-refractivity contribution is 6.30. The average Bonchev–Trinajstić information content (AvgIpc) is 2.66. The first-order chi connectivity index (χ1) is 12.2. The van der Waals surface area contributed by atoms with Gasteiger partial charge in [-0.15, -0.1) is 0 Å². The van der Waals surface area contributed by atoms with Crippen molar-refractivity contribution in [1.29, 1.82) is 0 Å². The first-order valence-corrected chi connectivity index (χ1v) is 8.99. The molecule has 3 rings (SSSR count). The van der Waals surface area contributed by atoms with Gasteiger partial charge in [0.25, 0.3) is 0 Å². The fourth-order valence-electron chi connectivity index (χ4n) is 3.08. The lowest BCUT2D eigenvalue weighted by Gasteiger charge is -2.36. The van der Waals surface area contributed by atoms with Gasteiger partial charge >= 0.3 is 0 Å². The van der Waals surface area contributed by atoms with Gasteiger partial charge in [-0.05, 0) is 23.3 Å². The predicted octanol–water partition coefficient (Wildman–Crippen LogP) is 3.42. The van der Waals surface area contributed by atoms with Gasteiger partial charge in [-0.3, -0.25) is 4.79 Å². The molecule has 0 bridgehead atoms. The van der Waals surface area contributed by atoms with Crippen LogP contribution in [-0.2, 0) is 16.1 Å². The van der Waals surface area contributed by atoms with Crippen LogP contribution in [0.2, 0.25) is 5.02 Å². The van der Waals surface area contributed by atoms with Crippen molar-refractivity contribution in [3.8, 4) is 0 Å². The Bertz CT molecular complexity index is 693. The minimum absolute atomic E-state index is 0.0223. The second-order valence-electron chi connectivity index (χ2n) is 6.15. The third kappa shape index (κ3) is 5.05. The molecule has 0 aromatic heterocycles. The van der Waals surface area contributed by atoms with E-state index in [1.54, 1.807) is 0 Å². The molecule has 1 heterocycles. The second kappa shape index (κ2) is 8.99. The summed E-state index contributed by atoms with van der Waals surface area (Å²) in [6.45, 7) is 3.23. The number of amides is 1. The lowest BCUT2D eigenvalue weighted by molar-refractivity contribution is -0.135. The molecule has 132 valence electrons. The summed E-state index contributed by atoms with van der Waals surface area (Å²) in [5.74, 6) is 0.125. The Balaban J connectivity index is 1.54. The molecule has 1 amide bonds. The average molecular weight is 359 g/mol. The van der Waals surface area contributed by atoms with E-state index in [9.17, 15) is 4.79 Å². The van der Waals surface area contributed by atoms with Crippen LogP contribution in [0.4, 0.5) is 0 Å². The maximum Gasteiger partial charge on any atom is 0.225 e. The van der Waals surface area contributed by atoms with E-state index in [2.05, 4.69) is 5.32 Å². The summed E-state index contributed by atoms with van der Waals surface area (Å²) in [4.78, 5) is 14.6. The van der Waals surface area contributed by atoms with Crippen LogP contribution >= 0.6 is 11.6 Å². The molecule has 1 atom stereocenters. The highest BCUT2D eigenvalue weighted by Crippen LogP contribution is 2.25. The molecule has 1 aliphatic heterocycles. The summed E-state index contributed by atoms with van der Waals surface area (Å²) in [5.41, 5.74) is 2.19. The van der Waals surface area contributed by atoms with E-state index in [0.717, 1.165) is 24.2 Å². The van der Waals surface area contributed by atoms with Gasteiger partial charge < -0.3 is 15.0 Å². The number of hydrogen-bond donors (Lipinski definition) is 1. The normalized spacial score (nSPS) is 17.5. The van der Waals surface area contributed by atoms with E-state index < -0.39 is 0 Å². The van der Waals surface area contributed by atoms with E-state index in [4.69, 9.17) is 16.3 Å². The van der Waals surface area contributed by atoms with Gasteiger partial charge in [-0.2, -0.15) is 0 Å². The van der Waals surface area contributed by atoms with Crippen molar-refractivity contribution in [2.75, 3.05) is 26.2 Å². The van der Waals surface area contributed by atoms with Gasteiger partial charge in [0.05, 0.1) is 25.7 Å². The zero-order valence-corrected chi connectivity index (χ0v) is 14.9. The summed E-state index contributed by atoms with van der Waals surface area (Å²) in [6, 6.07) is 17.8. The van der Waals surface area contributed by atoms with Crippen molar-refractivity contribution < 1.29 is 9.53 Å². The van der Waals surface area contributed by atoms with E-state index in [0.29, 0.717) is 31.2 Å². The SMILES string of the molecule is O=C(CCOCc1ccccc1)N1CCNCC1c1cccc(Cl)c1. The van der Waals surface area contributed by atoms with Crippen LogP contribution in [0.3, 0.4) is 0 Å². The van der Waals surface area contributed by atoms with Crippen LogP contribution in [0, 0.1) is 0 Å². The van der Waals surface area contributed by atoms with Crippen molar-refractivity contribution in [3.05, 3.63) is 70.7 Å². The van der Waals surface area contributed by atoms with Crippen LogP contribution in [0.25, 0.3) is 0 Å². The number of ether oxygens (including phenoxy) is 1. The van der Waals surface area contributed by atoms with Crippen LogP contribution in [-0.4, -0.2) is 37.0 Å². The van der Waals surface area contributed by atoms with E-state index >= 15 is 0 Å². The summed E-state index contributed by atoms with van der Waals surface area (Å²) in [5, 5.41) is 4.05. The minimum Gasteiger partial charge on any atom is -0.376 e. The maximum absolute atomic E-state index is 12.7. The molecule has 1 unspecified atom stereocenters. The Hall–Kier alpha value is -1.88. The van der Waals surface area contributed by atoms with E-state index in [-0.39, 0.29) is 11.9 Å². The first kappa shape index (κ1) is 17.9. The minimum atomic E-state index is 0.0223. The molecular weight excluding hydrogens is 336 g/mol. The molecule has 1 aliphatic rings. The third-order valence-corrected chi connectivity index (χ3v) is 4.60. The largest absolute Gasteiger partial charge is 0.376 e. The quantitative estimate of drug-likeness (QED) is 0.804. The molecular formula is C20H23ClN2O2. The highest BCUT2D eigenvalue weighted by Gasteiger charge is 2.27. The van der Waals surface area contributed by atoms with Crippen LogP contribution in [0.15, 0.2) is 54.6 Å². The number of hydrogen-bond acceptors (Lipinski definition) is 3. The topological polar surface area (TPSA) is 41.6 Å². The number of halogens is 1. The van der Waals surface area contributed by atoms with E-state index in [1.807, 2.05) is 59.5 Å². The number of piperazine rings is 1. The number of benzene rings is 2. The highest BCUT2D eigenvalue weighted by atomic mass is 35.5. The molecule has 1 N–H and O–H groups in total. The zero-order valence-electron chi connectivity index (χ0n) is 14.2. The maximum atomic E-state index is 12.7. The second-order valence-corrected chi connectivity index (χ2v) is 6.59. The Morgan fingerprint density at radius 1 is 1.20 bits per heavy atom. The standard InChI is InChI=1S/C20H23ClN2O2/c21-18-8-4-7-17(13-18)19-14-22-10-11-23(19)20(24)9-12-25-15-16-5-2-1-3-6-16/h1-8,13,19,22H,9-12,14-15H2. The fourth-order valence-corrected chi connectivity index (χ4v) is 3.28. The number of carbonyl (C=O) groups is 1. The molecule has 1 fully saturated rings. The molecule has 5 heteroatoms. The van der Waals surface area contributed by atoms with Crippen molar-refractivity contribution in [2.24, 2.45) is 0 Å². The molecule has 0 saturated carbocycles. The Morgan fingerprint density at radius 3 is 2.84 bits per heavy atom. The summed E-state index contributed by atoms with van der Waals surface area (Å²) in [6.07, 6.45) is 0.393. The summed E-state index contributed by atoms with van der Waals surface area (Å²) >= 11 is 6.11. The summed E-state index contributed by atoms with van der Waals surface area (Å²) in [7, 11) is 0. The Morgan fingerprint density at radius 2 is 2.04 bits per heavy atom. The monoisotopic (exact) mass is 358 g/mol. The fraction of sp³-hybridized carbons (Fsp3) is 0.350. The van der Waals surface area contributed by atoms with Gasteiger partial charge in [0.1, 0.15) is 0 Å². The van der Waals surface area contributed by atoms with Crippen molar-refractivity contribution in [1.82, 2.24) is 10.2 Å². The predicted molar refractivity (Wildman–Crippen MR) is 99.5 cm³/mol. The first-order valence-electron chi connectivity index (χ1n) is 8.61. The molecule has 0 aliphatic carbocycles. The number of nitrogens with one attached hydrogen (secondary N) is 1. The molecule has 25 heavy (non-hydrogen) atoms. The van der Waals surface area contributed by atoms with Crippen molar-refractivity contribution in [3.63, 3.8) is 0 Å². The van der Waals surface area contributed by atoms with Gasteiger partial charge in [-0.1, -0.05) is 54.1 Å². The van der Waals surface area contributed by atoms with Crippen molar-refractivity contribution in [2.45, 2.75) is 19.1 Å². The van der Waals surface area contributed by atoms with E-state index in [1.165, 1.54) is 0 Å². The number of rotatable bonds is 6. The Kier molecular flexibility index (Phi) is 6.45. The lowest BCUT2D eigenvalue weighted by atomic mass is 10.0. The zero-order chi connectivity index (χ0) is 17.5. The number of nitrogens with zero attached hydrogens (tertiary/aromatic N) is 1. The molecule has 1 saturated heterocycles. The van der Waals surface area contributed by atoms with Gasteiger partial charge in [0.15, 0.2) is 0 Å². The number of carbonyl (C=O) groups excluding carboxylic acids is 1. The van der Waals surface area contributed by atoms with Gasteiger partial charge in [0.2, 0.25) is 5.91 Å². The molecule has 0 radical (unpaired) electrons. The Labute approximate surface area is 153 Å². The molecule has 0 spiro atoms. The van der Waals surface area contributed by atoms with Gasteiger partial charge in [-0.25, -0.2) is 0 Å². The smallest absolute Gasteiger partial charge is 0.225 e. The van der Waals surface area contributed by atoms with Crippen LogP contribution in [0.5, 0.6) is 0 Å². The molecule has 2 aromatic rings. The lowest BCUT2D eigenvalue weighted by Crippen LogP contribution is -2.48. The molecule has 2 aromatic carbocycles. The van der Waals surface area contributed by atoms with Gasteiger partial charge in [0, 0.05) is 24.7 Å². The van der Waals surface area contributed by atoms with Crippen LogP contribution in [0.1, 0.15) is 23.6 Å². The summed E-state index contributed by atoms with van der Waals surface area (Å²) < 4.78 is 5.66. The van der Waals surface area contributed by atoms with Crippen molar-refractivity contribution >= 4 is 17.5 Å². The van der Waals surface area contributed by atoms with Crippen LogP contribution < -0.4 is 5.32 Å². The third-order valence-electron chi connectivity index (χ3n) is 4.37. The molecule has 4 nitrogen and oxygen atoms in total.